The van der Waals surface area contributed by atoms with E-state index in [4.69, 9.17) is 14.2 Å². The molecule has 4 heterocycles. The standard InChI is InChI=1S/C32H34F2N6O7/c1-43-25-5-6-35-29(38-21-15-23(18-11-17(21)12-18)40-7-9-45-10-8-40)28(25)31(42)39-22-16-36-27(44-2)14-20(22)30(41)37-19-3-4-24-26(13-19)47-32(33,34)46-24/h3-6,13-14,16-18,21,23H,7-12,15H2,1-2H3,(H,35,38)(H,37,41)(H,39,42)/t17?,18?,21-,23?/m0/s1. The number of rotatable bonds is 9. The van der Waals surface area contributed by atoms with Crippen LogP contribution < -0.4 is 34.9 Å². The van der Waals surface area contributed by atoms with Crippen molar-refractivity contribution in [3.63, 3.8) is 0 Å². The zero-order valence-electron chi connectivity index (χ0n) is 25.8. The first-order valence-electron chi connectivity index (χ1n) is 15.4. The molecule has 2 aromatic heterocycles. The third-order valence-corrected chi connectivity index (χ3v) is 9.26. The van der Waals surface area contributed by atoms with Gasteiger partial charge in [0, 0.05) is 49.2 Å². The predicted molar refractivity (Wildman–Crippen MR) is 165 cm³/mol. The number of nitrogens with zero attached hydrogens (tertiary/aromatic N) is 3. The van der Waals surface area contributed by atoms with Gasteiger partial charge in [-0.1, -0.05) is 0 Å². The number of carbonyl (C=O) groups excluding carboxylic acids is 2. The van der Waals surface area contributed by atoms with E-state index >= 15 is 0 Å². The molecule has 8 rings (SSSR count). The summed E-state index contributed by atoms with van der Waals surface area (Å²) in [5, 5.41) is 8.98. The van der Waals surface area contributed by atoms with Crippen molar-refractivity contribution in [3.05, 3.63) is 53.9 Å². The van der Waals surface area contributed by atoms with Crippen LogP contribution in [-0.2, 0) is 4.74 Å². The molecule has 15 heteroatoms. The van der Waals surface area contributed by atoms with E-state index in [9.17, 15) is 18.4 Å². The smallest absolute Gasteiger partial charge is 0.496 e. The number of halogens is 2. The largest absolute Gasteiger partial charge is 0.586 e. The third kappa shape index (κ3) is 6.20. The Labute approximate surface area is 268 Å². The molecule has 1 unspecified atom stereocenters. The van der Waals surface area contributed by atoms with Gasteiger partial charge < -0.3 is 39.6 Å². The molecule has 1 saturated heterocycles. The summed E-state index contributed by atoms with van der Waals surface area (Å²) >= 11 is 0. The van der Waals surface area contributed by atoms with Crippen LogP contribution in [0.2, 0.25) is 0 Å². The van der Waals surface area contributed by atoms with Crippen LogP contribution in [0.25, 0.3) is 0 Å². The van der Waals surface area contributed by atoms with Crippen molar-refractivity contribution in [3.8, 4) is 23.1 Å². The number of nitrogens with one attached hydrogen (secondary N) is 3. The van der Waals surface area contributed by atoms with Crippen molar-refractivity contribution in [1.29, 1.82) is 0 Å². The van der Waals surface area contributed by atoms with Crippen molar-refractivity contribution >= 4 is 29.0 Å². The molecule has 3 aromatic rings. The van der Waals surface area contributed by atoms with E-state index in [1.807, 2.05) is 0 Å². The van der Waals surface area contributed by atoms with E-state index in [0.717, 1.165) is 45.6 Å². The van der Waals surface area contributed by atoms with Gasteiger partial charge >= 0.3 is 6.29 Å². The van der Waals surface area contributed by atoms with Crippen LogP contribution in [-0.4, -0.2) is 85.6 Å². The van der Waals surface area contributed by atoms with E-state index in [2.05, 4.69) is 40.3 Å². The number of anilines is 3. The lowest BCUT2D eigenvalue weighted by Crippen LogP contribution is -2.59. The summed E-state index contributed by atoms with van der Waals surface area (Å²) in [5.74, 6) is 0.305. The van der Waals surface area contributed by atoms with Crippen molar-refractivity contribution in [2.75, 3.05) is 56.5 Å². The Morgan fingerprint density at radius 1 is 0.936 bits per heavy atom. The maximum atomic E-state index is 14.0. The van der Waals surface area contributed by atoms with Gasteiger partial charge in [-0.15, -0.1) is 8.78 Å². The van der Waals surface area contributed by atoms with Crippen LogP contribution in [0.5, 0.6) is 23.1 Å². The Hall–Kier alpha value is -4.76. The van der Waals surface area contributed by atoms with Crippen molar-refractivity contribution in [2.24, 2.45) is 11.8 Å². The maximum absolute atomic E-state index is 14.0. The van der Waals surface area contributed by atoms with E-state index in [1.54, 1.807) is 12.3 Å². The predicted octanol–water partition coefficient (Wildman–Crippen LogP) is 4.23. The summed E-state index contributed by atoms with van der Waals surface area (Å²) in [6.07, 6.45) is 2.24. The Bertz CT molecular complexity index is 1680. The Morgan fingerprint density at radius 3 is 2.49 bits per heavy atom. The molecular weight excluding hydrogens is 618 g/mol. The maximum Gasteiger partial charge on any atom is 0.586 e. The minimum Gasteiger partial charge on any atom is -0.496 e. The first-order chi connectivity index (χ1) is 22.7. The second-order valence-electron chi connectivity index (χ2n) is 11.9. The molecule has 2 amide bonds. The molecule has 4 fully saturated rings. The lowest BCUT2D eigenvalue weighted by atomic mass is 9.60. The molecule has 2 atom stereocenters. The van der Waals surface area contributed by atoms with Crippen molar-refractivity contribution < 1.29 is 42.1 Å². The van der Waals surface area contributed by atoms with Crippen LogP contribution in [0.1, 0.15) is 40.0 Å². The highest BCUT2D eigenvalue weighted by molar-refractivity contribution is 6.14. The van der Waals surface area contributed by atoms with Gasteiger partial charge in [0.1, 0.15) is 17.1 Å². The average molecular weight is 653 g/mol. The minimum absolute atomic E-state index is 0.00621. The Morgan fingerprint density at radius 2 is 1.72 bits per heavy atom. The first-order valence-corrected chi connectivity index (χ1v) is 15.4. The average Bonchev–Trinajstić information content (AvgIpc) is 3.37. The molecule has 3 N–H and O–H groups in total. The number of fused-ring (bicyclic) bond motifs is 3. The number of hydrogen-bond acceptors (Lipinski definition) is 11. The van der Waals surface area contributed by atoms with Gasteiger partial charge in [0.15, 0.2) is 11.5 Å². The van der Waals surface area contributed by atoms with Crippen LogP contribution in [0, 0.1) is 11.8 Å². The highest BCUT2D eigenvalue weighted by atomic mass is 19.3. The lowest BCUT2D eigenvalue weighted by Gasteiger charge is -2.55. The number of alkyl halides is 2. The van der Waals surface area contributed by atoms with Crippen molar-refractivity contribution in [2.45, 2.75) is 37.6 Å². The number of benzene rings is 1. The lowest BCUT2D eigenvalue weighted by molar-refractivity contribution is -0.286. The zero-order chi connectivity index (χ0) is 32.7. The van der Waals surface area contributed by atoms with Crippen LogP contribution >= 0.6 is 0 Å². The Kier molecular flexibility index (Phi) is 8.18. The number of methoxy groups -OCH3 is 2. The number of pyridine rings is 2. The summed E-state index contributed by atoms with van der Waals surface area (Å²) in [5.41, 5.74) is 0.416. The van der Waals surface area contributed by atoms with E-state index in [1.165, 1.54) is 44.7 Å². The number of morpholine rings is 1. The molecule has 5 aliphatic rings. The third-order valence-electron chi connectivity index (χ3n) is 9.26. The van der Waals surface area contributed by atoms with Crippen molar-refractivity contribution in [1.82, 2.24) is 14.9 Å². The second-order valence-corrected chi connectivity index (χ2v) is 11.9. The molecule has 13 nitrogen and oxygen atoms in total. The molecule has 2 bridgehead atoms. The molecule has 0 spiro atoms. The summed E-state index contributed by atoms with van der Waals surface area (Å²) in [4.78, 5) is 38.7. The van der Waals surface area contributed by atoms with Crippen LogP contribution in [0.3, 0.4) is 0 Å². The summed E-state index contributed by atoms with van der Waals surface area (Å²) in [6, 6.07) is 7.36. The molecule has 3 saturated carbocycles. The highest BCUT2D eigenvalue weighted by Crippen LogP contribution is 2.49. The molecule has 3 aliphatic carbocycles. The molecular formula is C32H34F2N6O7. The fraction of sp³-hybridized carbons (Fsp3) is 0.438. The molecule has 47 heavy (non-hydrogen) atoms. The monoisotopic (exact) mass is 652 g/mol. The van der Waals surface area contributed by atoms with Gasteiger partial charge in [0.25, 0.3) is 11.8 Å². The zero-order valence-corrected chi connectivity index (χ0v) is 25.8. The van der Waals surface area contributed by atoms with E-state index < -0.39 is 18.1 Å². The van der Waals surface area contributed by atoms with E-state index in [-0.39, 0.29) is 45.9 Å². The van der Waals surface area contributed by atoms with Gasteiger partial charge in [0.2, 0.25) is 5.88 Å². The Balaban J connectivity index is 1.12. The van der Waals surface area contributed by atoms with Gasteiger partial charge in [-0.25, -0.2) is 9.97 Å². The van der Waals surface area contributed by atoms with Gasteiger partial charge in [-0.2, -0.15) is 0 Å². The SMILES string of the molecule is COc1cc(C(=O)Nc2ccc3c(c2)OC(F)(F)O3)c(NC(=O)c2c(OC)ccnc2N[C@H]2CC(N3CCOCC3)C3CC2C3)cn1. The summed E-state index contributed by atoms with van der Waals surface area (Å²) < 4.78 is 52.3. The fourth-order valence-corrected chi connectivity index (χ4v) is 6.89. The number of amides is 2. The van der Waals surface area contributed by atoms with Crippen LogP contribution in [0.15, 0.2) is 42.7 Å². The van der Waals surface area contributed by atoms with Gasteiger partial charge in [0.05, 0.1) is 44.9 Å². The van der Waals surface area contributed by atoms with Crippen LogP contribution in [0.4, 0.5) is 26.0 Å². The summed E-state index contributed by atoms with van der Waals surface area (Å²) in [7, 11) is 2.86. The van der Waals surface area contributed by atoms with E-state index in [0.29, 0.717) is 29.4 Å². The highest BCUT2D eigenvalue weighted by Gasteiger charge is 2.48. The molecule has 248 valence electrons. The first kappa shape index (κ1) is 30.9. The molecule has 0 radical (unpaired) electrons. The molecule has 2 aliphatic heterocycles. The fourth-order valence-electron chi connectivity index (χ4n) is 6.89. The second kappa shape index (κ2) is 12.4. The normalized spacial score (nSPS) is 24.1. The number of aromatic nitrogens is 2. The number of ether oxygens (including phenoxy) is 5. The topological polar surface area (TPSA) is 145 Å². The minimum atomic E-state index is -3.80. The van der Waals surface area contributed by atoms with Gasteiger partial charge in [-0.05, 0) is 49.3 Å². The quantitative estimate of drug-likeness (QED) is 0.305. The summed E-state index contributed by atoms with van der Waals surface area (Å²) in [6.45, 7) is 3.31. The molecule has 1 aromatic carbocycles. The van der Waals surface area contributed by atoms with Gasteiger partial charge in [-0.3, -0.25) is 14.5 Å². The number of hydrogen-bond donors (Lipinski definition) is 3. The number of carbonyl (C=O) groups is 2.